The Morgan fingerprint density at radius 1 is 0.330 bits per heavy atom. The van der Waals surface area contributed by atoms with Crippen molar-refractivity contribution in [1.82, 2.24) is 0 Å². The number of esters is 10. The van der Waals surface area contributed by atoms with Crippen molar-refractivity contribution in [3.8, 4) is 0 Å². The molecule has 0 bridgehead atoms. The largest absolute Gasteiger partial charge is 0.462 e. The summed E-state index contributed by atoms with van der Waals surface area (Å²) in [5.41, 5.74) is 0.305. The molecule has 109 heavy (non-hydrogen) atoms. The van der Waals surface area contributed by atoms with Gasteiger partial charge in [-0.3, -0.25) is 9.59 Å². The van der Waals surface area contributed by atoms with Crippen LogP contribution in [0.1, 0.15) is 117 Å². The first-order chi connectivity index (χ1) is 52.7. The molecule has 25 nitrogen and oxygen atoms in total. The van der Waals surface area contributed by atoms with Crippen LogP contribution in [0, 0.1) is 17.8 Å². The van der Waals surface area contributed by atoms with Crippen LogP contribution in [-0.4, -0.2) is 174 Å². The minimum absolute atomic E-state index is 0.00114. The van der Waals surface area contributed by atoms with Gasteiger partial charge < -0.3 is 71.1 Å². The number of hydrogen-bond acceptors (Lipinski definition) is 25. The van der Waals surface area contributed by atoms with E-state index >= 15 is 4.79 Å². The number of rotatable bonds is 36. The summed E-state index contributed by atoms with van der Waals surface area (Å²) >= 11 is 0. The summed E-state index contributed by atoms with van der Waals surface area (Å²) in [6.07, 6.45) is -21.9. The van der Waals surface area contributed by atoms with E-state index in [1.807, 2.05) is 0 Å². The van der Waals surface area contributed by atoms with Crippen molar-refractivity contribution in [3.63, 3.8) is 0 Å². The highest BCUT2D eigenvalue weighted by Gasteiger charge is 2.55. The highest BCUT2D eigenvalue weighted by atomic mass is 16.7. The Labute approximate surface area is 629 Å². The van der Waals surface area contributed by atoms with Gasteiger partial charge in [-0.1, -0.05) is 159 Å². The second kappa shape index (κ2) is 40.8. The Bertz CT molecular complexity index is 4250. The minimum Gasteiger partial charge on any atom is -0.462 e. The van der Waals surface area contributed by atoms with Crippen LogP contribution in [0.5, 0.6) is 0 Å². The van der Waals surface area contributed by atoms with E-state index in [1.54, 1.807) is 153 Å². The van der Waals surface area contributed by atoms with Crippen LogP contribution in [0.3, 0.4) is 0 Å². The van der Waals surface area contributed by atoms with E-state index in [0.717, 1.165) is 13.8 Å². The summed E-state index contributed by atoms with van der Waals surface area (Å²) in [6, 6.07) is 62.1. The molecule has 0 radical (unpaired) electrons. The first-order valence-electron chi connectivity index (χ1n) is 35.0. The SMILES string of the molecule is COC(CC(C(OC(C)=O)C(C)COC1OC(COC(=O)c2ccccc2)C(OC(=O)c2ccccc2)C(OC(=O)c2ccccc2)C1OC(=O)c1ccccc1)C(OC(C)=O)C(OC)OC)C(OC(=O)c1ccccc1)C(OC(=O)c1ccccc1)C(OC(=O)c1ccccc1)C(C)COC(=O)c1ccccc1. The fraction of sp³-hybridized carbons (Fsp3) is 0.310. The van der Waals surface area contributed by atoms with Gasteiger partial charge in [0.05, 0.1) is 63.8 Å². The zero-order chi connectivity index (χ0) is 77.8. The zero-order valence-electron chi connectivity index (χ0n) is 60.8. The van der Waals surface area contributed by atoms with Crippen molar-refractivity contribution < 1.29 is 119 Å². The number of benzene rings is 8. The van der Waals surface area contributed by atoms with E-state index in [4.69, 9.17) is 71.1 Å². The molecule has 25 heteroatoms. The molecule has 8 aromatic carbocycles. The van der Waals surface area contributed by atoms with Crippen molar-refractivity contribution in [2.75, 3.05) is 41.2 Å². The molecule has 1 aliphatic rings. The Hall–Kier alpha value is -11.7. The predicted octanol–water partition coefficient (Wildman–Crippen LogP) is 11.6. The number of carbonyl (C=O) groups is 10. The number of methoxy groups -OCH3 is 3. The van der Waals surface area contributed by atoms with Crippen molar-refractivity contribution in [3.05, 3.63) is 287 Å². The summed E-state index contributed by atoms with van der Waals surface area (Å²) < 4.78 is 94.5. The molecule has 9 rings (SSSR count). The lowest BCUT2D eigenvalue weighted by molar-refractivity contribution is -0.302. The molecule has 1 saturated heterocycles. The van der Waals surface area contributed by atoms with Crippen LogP contribution in [-0.2, 0) is 80.6 Å². The molecule has 0 aromatic heterocycles. The van der Waals surface area contributed by atoms with E-state index in [9.17, 15) is 43.2 Å². The van der Waals surface area contributed by atoms with Gasteiger partial charge in [0.25, 0.3) is 0 Å². The summed E-state index contributed by atoms with van der Waals surface area (Å²) in [5, 5.41) is 0. The standard InChI is InChI=1S/C84H84O25/c1-52(50-100-84-74(109-82(94)63-46-30-15-31-47-63)73(108-81(93)62-44-28-14-29-45-62)71(106-79(91)60-40-24-12-25-41-60)66(103-84)51-99-76(88)57-34-18-9-19-35-57)67(101-54(3)85)64(69(102-55(4)86)83(96-6)97-7)48-65(95-5)70(105-78(90)59-38-22-11-23-39-59)72(107-80(92)61-42-26-13-27-43-61)68(104-77(89)58-36-20-10-21-37-58)53(2)49-98-75(87)56-32-16-8-17-33-56/h8-47,52-53,64-74,83-84H,48-51H2,1-7H3. The molecular formula is C84H84O25. The lowest BCUT2D eigenvalue weighted by Gasteiger charge is -2.45. The molecule has 0 aliphatic carbocycles. The summed E-state index contributed by atoms with van der Waals surface area (Å²) in [6.45, 7) is 3.37. The Morgan fingerprint density at radius 3 is 1.03 bits per heavy atom. The zero-order valence-corrected chi connectivity index (χ0v) is 60.8. The third kappa shape index (κ3) is 22.9. The van der Waals surface area contributed by atoms with Gasteiger partial charge in [-0.2, -0.15) is 0 Å². The van der Waals surface area contributed by atoms with Crippen LogP contribution in [0.2, 0.25) is 0 Å². The molecule has 0 spiro atoms. The minimum atomic E-state index is -1.97. The Balaban J connectivity index is 1.18. The van der Waals surface area contributed by atoms with Gasteiger partial charge in [0.15, 0.2) is 49.2 Å². The fourth-order valence-corrected chi connectivity index (χ4v) is 12.2. The Kier molecular flexibility index (Phi) is 30.5. The average molecular weight is 1490 g/mol. The van der Waals surface area contributed by atoms with Gasteiger partial charge in [-0.15, -0.1) is 0 Å². The second-order valence-electron chi connectivity index (χ2n) is 25.3. The van der Waals surface area contributed by atoms with E-state index in [-0.39, 0.29) is 44.5 Å². The van der Waals surface area contributed by atoms with Crippen molar-refractivity contribution in [2.45, 2.75) is 108 Å². The monoisotopic (exact) mass is 1490 g/mol. The van der Waals surface area contributed by atoms with Crippen LogP contribution in [0.4, 0.5) is 0 Å². The van der Waals surface area contributed by atoms with E-state index in [1.165, 1.54) is 125 Å². The second-order valence-corrected chi connectivity index (χ2v) is 25.3. The summed E-state index contributed by atoms with van der Waals surface area (Å²) in [4.78, 5) is 144. The highest BCUT2D eigenvalue weighted by molar-refractivity contribution is 5.93. The molecular weight excluding hydrogens is 1410 g/mol. The van der Waals surface area contributed by atoms with Crippen LogP contribution in [0.15, 0.2) is 243 Å². The number of ether oxygens (including phenoxy) is 15. The quantitative estimate of drug-likeness (QED) is 0.0200. The van der Waals surface area contributed by atoms with Gasteiger partial charge in [-0.25, -0.2) is 38.4 Å². The van der Waals surface area contributed by atoms with Crippen molar-refractivity contribution in [2.24, 2.45) is 17.8 Å². The van der Waals surface area contributed by atoms with Crippen LogP contribution in [0.25, 0.3) is 0 Å². The van der Waals surface area contributed by atoms with Crippen molar-refractivity contribution in [1.29, 1.82) is 0 Å². The fourth-order valence-electron chi connectivity index (χ4n) is 12.2. The van der Waals surface area contributed by atoms with E-state index in [2.05, 4.69) is 0 Å². The topological polar surface area (TPSA) is 309 Å². The molecule has 570 valence electrons. The molecule has 8 aromatic rings. The van der Waals surface area contributed by atoms with Gasteiger partial charge in [0, 0.05) is 52.9 Å². The molecule has 0 N–H and O–H groups in total. The number of carbonyl (C=O) groups excluding carboxylic acids is 10. The van der Waals surface area contributed by atoms with Gasteiger partial charge in [0.1, 0.15) is 24.9 Å². The Morgan fingerprint density at radius 2 is 0.651 bits per heavy atom. The third-order valence-electron chi connectivity index (χ3n) is 17.6. The maximum atomic E-state index is 15.1. The average Bonchev–Trinajstić information content (AvgIpc) is 0.781. The maximum absolute atomic E-state index is 15.1. The summed E-state index contributed by atoms with van der Waals surface area (Å²) in [7, 11) is 3.69. The smallest absolute Gasteiger partial charge is 0.338 e. The molecule has 0 amide bonds. The van der Waals surface area contributed by atoms with Gasteiger partial charge >= 0.3 is 59.7 Å². The third-order valence-corrected chi connectivity index (χ3v) is 17.6. The molecule has 14 unspecified atom stereocenters. The molecule has 1 aliphatic heterocycles. The first-order valence-corrected chi connectivity index (χ1v) is 35.0. The lowest BCUT2D eigenvalue weighted by atomic mass is 9.80. The first kappa shape index (κ1) is 81.3. The molecule has 0 saturated carbocycles. The molecule has 1 heterocycles. The van der Waals surface area contributed by atoms with Gasteiger partial charge in [0.2, 0.25) is 0 Å². The normalized spacial score (nSPS) is 17.8. The van der Waals surface area contributed by atoms with Crippen LogP contribution < -0.4 is 0 Å². The van der Waals surface area contributed by atoms with Crippen molar-refractivity contribution >= 4 is 59.7 Å². The highest BCUT2D eigenvalue weighted by Crippen LogP contribution is 2.38. The lowest BCUT2D eigenvalue weighted by Crippen LogP contribution is -2.63. The predicted molar refractivity (Wildman–Crippen MR) is 388 cm³/mol. The van der Waals surface area contributed by atoms with E-state index in [0.29, 0.717) is 0 Å². The molecule has 1 fully saturated rings. The van der Waals surface area contributed by atoms with E-state index < -0.39 is 177 Å². The van der Waals surface area contributed by atoms with Gasteiger partial charge in [-0.05, 0) is 103 Å². The van der Waals surface area contributed by atoms with Crippen LogP contribution >= 0.6 is 0 Å². The summed E-state index contributed by atoms with van der Waals surface area (Å²) in [5.74, 6) is -13.4. The maximum Gasteiger partial charge on any atom is 0.338 e. The number of hydrogen-bond donors (Lipinski definition) is 0. The molecule has 14 atom stereocenters.